The third-order valence-electron chi connectivity index (χ3n) is 3.12. The zero-order valence-corrected chi connectivity index (χ0v) is 12.1. The molecule has 1 N–H and O–H groups in total. The van der Waals surface area contributed by atoms with Crippen LogP contribution in [-0.4, -0.2) is 32.5 Å². The summed E-state index contributed by atoms with van der Waals surface area (Å²) in [6, 6.07) is 9.16. The van der Waals surface area contributed by atoms with Gasteiger partial charge < -0.3 is 5.32 Å². The van der Waals surface area contributed by atoms with Crippen molar-refractivity contribution < 1.29 is 8.42 Å². The fraction of sp³-hybridized carbons (Fsp3) is 0.500. The Morgan fingerprint density at radius 1 is 1.28 bits per heavy atom. The zero-order valence-electron chi connectivity index (χ0n) is 9.77. The number of hydrogen-bond donors (Lipinski definition) is 1. The van der Waals surface area contributed by atoms with Crippen molar-refractivity contribution in [3.05, 3.63) is 35.9 Å². The molecule has 1 unspecified atom stereocenters. The minimum Gasteiger partial charge on any atom is -0.314 e. The lowest BCUT2D eigenvalue weighted by atomic mass is 10.1. The molecule has 1 fully saturated rings. The lowest BCUT2D eigenvalue weighted by Crippen LogP contribution is -2.45. The van der Waals surface area contributed by atoms with E-state index in [-0.39, 0.29) is 12.2 Å². The van der Waals surface area contributed by atoms with E-state index in [4.69, 9.17) is 23.2 Å². The van der Waals surface area contributed by atoms with E-state index in [9.17, 15) is 8.42 Å². The summed E-state index contributed by atoms with van der Waals surface area (Å²) in [5.74, 6) is 0.149. The van der Waals surface area contributed by atoms with Crippen LogP contribution in [0.3, 0.4) is 0 Å². The Morgan fingerprint density at radius 2 is 1.94 bits per heavy atom. The first-order valence-corrected chi connectivity index (χ1v) is 8.24. The van der Waals surface area contributed by atoms with Crippen LogP contribution in [0.15, 0.2) is 30.3 Å². The molecule has 0 radical (unpaired) electrons. The monoisotopic (exact) mass is 307 g/mol. The normalized spacial score (nSPS) is 23.8. The summed E-state index contributed by atoms with van der Waals surface area (Å²) in [5.41, 5.74) is 0.731. The van der Waals surface area contributed by atoms with Crippen molar-refractivity contribution in [3.8, 4) is 0 Å². The van der Waals surface area contributed by atoms with Crippen molar-refractivity contribution >= 4 is 33.0 Å². The van der Waals surface area contributed by atoms with Gasteiger partial charge in [-0.1, -0.05) is 53.5 Å². The first-order valence-electron chi connectivity index (χ1n) is 5.77. The molecule has 1 aromatic carbocycles. The van der Waals surface area contributed by atoms with E-state index in [1.165, 1.54) is 0 Å². The van der Waals surface area contributed by atoms with Crippen LogP contribution in [0.1, 0.15) is 12.0 Å². The van der Waals surface area contributed by atoms with Crippen molar-refractivity contribution in [2.24, 2.45) is 0 Å². The highest BCUT2D eigenvalue weighted by atomic mass is 35.5. The van der Waals surface area contributed by atoms with Crippen LogP contribution in [0.25, 0.3) is 0 Å². The van der Waals surface area contributed by atoms with E-state index in [1.807, 2.05) is 30.3 Å². The molecule has 100 valence electrons. The number of halogens is 2. The quantitative estimate of drug-likeness (QED) is 0.870. The maximum Gasteiger partial charge on any atom is 0.155 e. The van der Waals surface area contributed by atoms with E-state index in [0.717, 1.165) is 5.56 Å². The number of hydrogen-bond acceptors (Lipinski definition) is 3. The molecule has 1 aromatic rings. The summed E-state index contributed by atoms with van der Waals surface area (Å²) in [4.78, 5) is 0. The van der Waals surface area contributed by atoms with E-state index >= 15 is 0 Å². The summed E-state index contributed by atoms with van der Waals surface area (Å²) in [5, 5.41) is 2.54. The van der Waals surface area contributed by atoms with Gasteiger partial charge in [0.1, 0.15) is 4.33 Å². The topological polar surface area (TPSA) is 46.2 Å². The van der Waals surface area contributed by atoms with E-state index in [2.05, 4.69) is 5.32 Å². The summed E-state index contributed by atoms with van der Waals surface area (Å²) < 4.78 is 22.7. The lowest BCUT2D eigenvalue weighted by Gasteiger charge is -2.29. The first kappa shape index (κ1) is 14.1. The van der Waals surface area contributed by atoms with Gasteiger partial charge in [0.2, 0.25) is 0 Å². The van der Waals surface area contributed by atoms with E-state index in [1.54, 1.807) is 0 Å². The Hall–Kier alpha value is -0.290. The number of sulfone groups is 1. The van der Waals surface area contributed by atoms with Gasteiger partial charge in [-0.15, -0.1) is 0 Å². The van der Waals surface area contributed by atoms with Crippen LogP contribution < -0.4 is 5.32 Å². The molecule has 0 aromatic heterocycles. The molecule has 0 saturated carbocycles. The van der Waals surface area contributed by atoms with Gasteiger partial charge in [0.05, 0.1) is 11.0 Å². The zero-order chi connectivity index (χ0) is 13.2. The predicted octanol–water partition coefficient (Wildman–Crippen LogP) is 2.09. The molecule has 1 atom stereocenters. The maximum atomic E-state index is 11.9. The maximum absolute atomic E-state index is 11.9. The van der Waals surface area contributed by atoms with Crippen molar-refractivity contribution in [1.82, 2.24) is 5.32 Å². The molecule has 0 amide bonds. The Balaban J connectivity index is 2.18. The van der Waals surface area contributed by atoms with Crippen LogP contribution in [0, 0.1) is 0 Å². The highest BCUT2D eigenvalue weighted by Crippen LogP contribution is 2.39. The second kappa shape index (κ2) is 5.37. The van der Waals surface area contributed by atoms with Crippen LogP contribution in [0.2, 0.25) is 0 Å². The molecular formula is C12H15Cl2NO2S. The minimum absolute atomic E-state index is 0.149. The average Bonchev–Trinajstić information content (AvgIpc) is 2.33. The van der Waals surface area contributed by atoms with Gasteiger partial charge in [0, 0.05) is 19.5 Å². The minimum atomic E-state index is -3.10. The number of rotatable bonds is 3. The average molecular weight is 308 g/mol. The molecule has 1 aliphatic heterocycles. The molecule has 0 spiro atoms. The molecule has 18 heavy (non-hydrogen) atoms. The summed E-state index contributed by atoms with van der Waals surface area (Å²) in [7, 11) is -3.10. The van der Waals surface area contributed by atoms with E-state index < -0.39 is 19.4 Å². The molecule has 0 bridgehead atoms. The fourth-order valence-corrected chi connectivity index (χ4v) is 4.50. The largest absolute Gasteiger partial charge is 0.314 e. The van der Waals surface area contributed by atoms with Crippen molar-refractivity contribution in [3.63, 3.8) is 0 Å². The third kappa shape index (κ3) is 3.18. The fourth-order valence-electron chi connectivity index (χ4n) is 2.06. The molecule has 1 saturated heterocycles. The molecule has 3 nitrogen and oxygen atoms in total. The summed E-state index contributed by atoms with van der Waals surface area (Å²) in [6.07, 6.45) is 0.204. The van der Waals surface area contributed by atoms with Crippen molar-refractivity contribution in [2.45, 2.75) is 16.0 Å². The molecule has 2 rings (SSSR count). The van der Waals surface area contributed by atoms with Gasteiger partial charge in [-0.3, -0.25) is 0 Å². The van der Waals surface area contributed by atoms with Gasteiger partial charge in [-0.25, -0.2) is 8.42 Å². The summed E-state index contributed by atoms with van der Waals surface area (Å²) in [6.45, 7) is 0.915. The molecule has 1 heterocycles. The lowest BCUT2D eigenvalue weighted by molar-refractivity contribution is 0.524. The number of alkyl halides is 2. The van der Waals surface area contributed by atoms with E-state index in [0.29, 0.717) is 13.1 Å². The van der Waals surface area contributed by atoms with Gasteiger partial charge >= 0.3 is 0 Å². The molecule has 0 aliphatic carbocycles. The Kier molecular flexibility index (Phi) is 4.22. The van der Waals surface area contributed by atoms with Gasteiger partial charge in [-0.05, 0) is 5.56 Å². The SMILES string of the molecule is O=S1(=O)CCNCC1CC(Cl)(Cl)c1ccccc1. The Bertz CT molecular complexity index is 502. The number of nitrogens with one attached hydrogen (secondary N) is 1. The Morgan fingerprint density at radius 3 is 2.56 bits per heavy atom. The van der Waals surface area contributed by atoms with Crippen LogP contribution >= 0.6 is 23.2 Å². The predicted molar refractivity (Wildman–Crippen MR) is 74.9 cm³/mol. The first-order chi connectivity index (χ1) is 8.42. The Labute approximate surface area is 117 Å². The van der Waals surface area contributed by atoms with Gasteiger partial charge in [0.15, 0.2) is 9.84 Å². The molecule has 1 aliphatic rings. The van der Waals surface area contributed by atoms with Crippen LogP contribution in [0.5, 0.6) is 0 Å². The summed E-state index contributed by atoms with van der Waals surface area (Å²) >= 11 is 12.6. The van der Waals surface area contributed by atoms with Gasteiger partial charge in [0.25, 0.3) is 0 Å². The molecule has 6 heteroatoms. The number of benzene rings is 1. The van der Waals surface area contributed by atoms with Crippen LogP contribution in [0.4, 0.5) is 0 Å². The third-order valence-corrected chi connectivity index (χ3v) is 5.99. The molecular weight excluding hydrogens is 293 g/mol. The van der Waals surface area contributed by atoms with Crippen molar-refractivity contribution in [2.75, 3.05) is 18.8 Å². The standard InChI is InChI=1S/C12H15Cl2NO2S/c13-12(14,10-4-2-1-3-5-10)8-11-9-15-6-7-18(11,16)17/h1-5,11,15H,6-9H2. The highest BCUT2D eigenvalue weighted by Gasteiger charge is 2.37. The highest BCUT2D eigenvalue weighted by molar-refractivity contribution is 7.92. The smallest absolute Gasteiger partial charge is 0.155 e. The second-order valence-electron chi connectivity index (χ2n) is 4.47. The van der Waals surface area contributed by atoms with Crippen molar-refractivity contribution in [1.29, 1.82) is 0 Å². The van der Waals surface area contributed by atoms with Crippen LogP contribution in [-0.2, 0) is 14.2 Å². The van der Waals surface area contributed by atoms with Gasteiger partial charge in [-0.2, -0.15) is 0 Å². The second-order valence-corrected chi connectivity index (χ2v) is 8.35.